The van der Waals surface area contributed by atoms with Gasteiger partial charge in [0.15, 0.2) is 0 Å². The standard InChI is InChI=1S/C20H26FNO3/c1-2-25-17-13-16(23)20(17)8-10-22(11-9-20)18(24)19(6-7-19)14-4-3-5-15(21)12-14/h3-5,12,16-17,23H,2,6-11,13H2,1H3/t16-,17+/m0/s1. The molecule has 3 aliphatic rings. The lowest BCUT2D eigenvalue weighted by molar-refractivity contribution is -0.210. The van der Waals surface area contributed by atoms with Crippen molar-refractivity contribution >= 4 is 5.91 Å². The highest BCUT2D eigenvalue weighted by Crippen LogP contribution is 2.53. The first kappa shape index (κ1) is 17.0. The number of nitrogens with zero attached hydrogens (tertiary/aromatic N) is 1. The van der Waals surface area contributed by atoms with Crippen LogP contribution >= 0.6 is 0 Å². The molecule has 3 fully saturated rings. The largest absolute Gasteiger partial charge is 0.392 e. The van der Waals surface area contributed by atoms with Crippen LogP contribution in [0.5, 0.6) is 0 Å². The summed E-state index contributed by atoms with van der Waals surface area (Å²) in [6.45, 7) is 3.93. The summed E-state index contributed by atoms with van der Waals surface area (Å²) in [6, 6.07) is 6.46. The van der Waals surface area contributed by atoms with E-state index < -0.39 is 5.41 Å². The van der Waals surface area contributed by atoms with Crippen molar-refractivity contribution in [3.05, 3.63) is 35.6 Å². The molecule has 0 radical (unpaired) electrons. The van der Waals surface area contributed by atoms with E-state index >= 15 is 0 Å². The SMILES string of the molecule is CCO[C@@H]1C[C@H](O)C12CCN(C(=O)C1(c3cccc(F)c3)CC1)CC2. The van der Waals surface area contributed by atoms with Crippen LogP contribution in [-0.2, 0) is 14.9 Å². The first-order valence-corrected chi connectivity index (χ1v) is 9.37. The van der Waals surface area contributed by atoms with Crippen LogP contribution in [0.1, 0.15) is 44.6 Å². The van der Waals surface area contributed by atoms with E-state index in [1.165, 1.54) is 12.1 Å². The average Bonchev–Trinajstić information content (AvgIpc) is 3.43. The maximum Gasteiger partial charge on any atom is 0.233 e. The van der Waals surface area contributed by atoms with Crippen LogP contribution < -0.4 is 0 Å². The van der Waals surface area contributed by atoms with Crippen molar-refractivity contribution in [1.82, 2.24) is 4.90 Å². The Morgan fingerprint density at radius 2 is 2.04 bits per heavy atom. The molecule has 2 atom stereocenters. The van der Waals surface area contributed by atoms with Gasteiger partial charge in [0.1, 0.15) is 5.82 Å². The monoisotopic (exact) mass is 347 g/mol. The molecule has 0 bridgehead atoms. The minimum atomic E-state index is -0.524. The molecule has 136 valence electrons. The van der Waals surface area contributed by atoms with Gasteiger partial charge in [0.2, 0.25) is 5.91 Å². The van der Waals surface area contributed by atoms with Gasteiger partial charge < -0.3 is 14.7 Å². The van der Waals surface area contributed by atoms with Gasteiger partial charge in [0.25, 0.3) is 0 Å². The number of carbonyl (C=O) groups excluding carboxylic acids is 1. The van der Waals surface area contributed by atoms with Gasteiger partial charge in [0, 0.05) is 31.5 Å². The number of carbonyl (C=O) groups is 1. The lowest BCUT2D eigenvalue weighted by Gasteiger charge is -2.56. The van der Waals surface area contributed by atoms with Crippen LogP contribution in [0, 0.1) is 11.2 Å². The zero-order chi connectivity index (χ0) is 17.7. The lowest BCUT2D eigenvalue weighted by atomic mass is 9.58. The molecule has 0 unspecified atom stereocenters. The minimum absolute atomic E-state index is 0.114. The van der Waals surface area contributed by atoms with E-state index in [4.69, 9.17) is 4.74 Å². The Bertz CT molecular complexity index is 663. The molecule has 1 N–H and O–H groups in total. The van der Waals surface area contributed by atoms with Gasteiger partial charge in [-0.1, -0.05) is 12.1 Å². The van der Waals surface area contributed by atoms with Crippen LogP contribution in [0.25, 0.3) is 0 Å². The number of ether oxygens (including phenoxy) is 1. The van der Waals surface area contributed by atoms with E-state index in [0.29, 0.717) is 26.1 Å². The third-order valence-corrected chi connectivity index (χ3v) is 6.63. The highest BCUT2D eigenvalue weighted by Gasteiger charge is 2.58. The summed E-state index contributed by atoms with van der Waals surface area (Å²) in [4.78, 5) is 15.0. The van der Waals surface area contributed by atoms with Gasteiger partial charge in [-0.05, 0) is 50.3 Å². The Morgan fingerprint density at radius 3 is 2.60 bits per heavy atom. The number of rotatable bonds is 4. The Hall–Kier alpha value is -1.46. The van der Waals surface area contributed by atoms with Gasteiger partial charge in [0.05, 0.1) is 17.6 Å². The highest BCUT2D eigenvalue weighted by molar-refractivity contribution is 5.91. The minimum Gasteiger partial charge on any atom is -0.392 e. The summed E-state index contributed by atoms with van der Waals surface area (Å²) in [5.74, 6) is -0.166. The summed E-state index contributed by atoms with van der Waals surface area (Å²) in [6.07, 6.45) is 3.65. The normalized spacial score (nSPS) is 29.3. The van der Waals surface area contributed by atoms with E-state index in [1.807, 2.05) is 17.9 Å². The number of hydrogen-bond acceptors (Lipinski definition) is 3. The van der Waals surface area contributed by atoms with Crippen molar-refractivity contribution in [3.8, 4) is 0 Å². The predicted molar refractivity (Wildman–Crippen MR) is 91.6 cm³/mol. The molecule has 1 spiro atoms. The second-order valence-electron chi connectivity index (χ2n) is 7.81. The molecule has 1 aromatic rings. The van der Waals surface area contributed by atoms with E-state index in [0.717, 1.165) is 31.2 Å². The molecule has 5 heteroatoms. The summed E-state index contributed by atoms with van der Waals surface area (Å²) >= 11 is 0. The number of aliphatic hydroxyl groups excluding tert-OH is 1. The van der Waals surface area contributed by atoms with Crippen molar-refractivity contribution in [3.63, 3.8) is 0 Å². The second-order valence-corrected chi connectivity index (χ2v) is 7.81. The van der Waals surface area contributed by atoms with Crippen molar-refractivity contribution in [2.75, 3.05) is 19.7 Å². The van der Waals surface area contributed by atoms with Crippen molar-refractivity contribution in [2.24, 2.45) is 5.41 Å². The number of hydrogen-bond donors (Lipinski definition) is 1. The maximum absolute atomic E-state index is 13.6. The van der Waals surface area contributed by atoms with Crippen LogP contribution in [0.4, 0.5) is 4.39 Å². The zero-order valence-corrected chi connectivity index (χ0v) is 14.7. The number of benzene rings is 1. The molecular weight excluding hydrogens is 321 g/mol. The van der Waals surface area contributed by atoms with Gasteiger partial charge in [-0.2, -0.15) is 0 Å². The quantitative estimate of drug-likeness (QED) is 0.911. The number of halogens is 1. The third kappa shape index (κ3) is 2.59. The van der Waals surface area contributed by atoms with Crippen LogP contribution in [0.3, 0.4) is 0 Å². The molecule has 4 rings (SSSR count). The zero-order valence-electron chi connectivity index (χ0n) is 14.7. The van der Waals surface area contributed by atoms with E-state index in [1.54, 1.807) is 6.07 Å². The van der Waals surface area contributed by atoms with Gasteiger partial charge in [-0.3, -0.25) is 4.79 Å². The molecule has 25 heavy (non-hydrogen) atoms. The summed E-state index contributed by atoms with van der Waals surface area (Å²) in [5.41, 5.74) is 0.0978. The number of piperidine rings is 1. The van der Waals surface area contributed by atoms with E-state index in [-0.39, 0.29) is 29.3 Å². The number of aliphatic hydroxyl groups is 1. The summed E-state index contributed by atoms with van der Waals surface area (Å²) in [7, 11) is 0. The van der Waals surface area contributed by atoms with Crippen LogP contribution in [0.15, 0.2) is 24.3 Å². The lowest BCUT2D eigenvalue weighted by Crippen LogP contribution is -2.63. The molecule has 4 nitrogen and oxygen atoms in total. The molecule has 2 aliphatic carbocycles. The van der Waals surface area contributed by atoms with Crippen LogP contribution in [0.2, 0.25) is 0 Å². The molecule has 0 aromatic heterocycles. The first-order chi connectivity index (χ1) is 12.0. The van der Waals surface area contributed by atoms with E-state index in [2.05, 4.69) is 0 Å². The van der Waals surface area contributed by atoms with Gasteiger partial charge in [-0.25, -0.2) is 4.39 Å². The Morgan fingerprint density at radius 1 is 1.32 bits per heavy atom. The number of likely N-dealkylation sites (tertiary alicyclic amines) is 1. The maximum atomic E-state index is 13.6. The smallest absolute Gasteiger partial charge is 0.233 e. The Kier molecular flexibility index (Phi) is 4.12. The van der Waals surface area contributed by atoms with Crippen molar-refractivity contribution < 1.29 is 19.0 Å². The predicted octanol–water partition coefficient (Wildman–Crippen LogP) is 2.64. The topological polar surface area (TPSA) is 49.8 Å². The average molecular weight is 347 g/mol. The molecule has 1 aromatic carbocycles. The second kappa shape index (κ2) is 6.06. The third-order valence-electron chi connectivity index (χ3n) is 6.63. The Balaban J connectivity index is 1.45. The molecular formula is C20H26FNO3. The fourth-order valence-corrected chi connectivity index (χ4v) is 4.78. The molecule has 1 heterocycles. The first-order valence-electron chi connectivity index (χ1n) is 9.37. The molecule has 1 amide bonds. The Labute approximate surface area is 148 Å². The number of amides is 1. The van der Waals surface area contributed by atoms with Crippen LogP contribution in [-0.4, -0.2) is 47.8 Å². The highest BCUT2D eigenvalue weighted by atomic mass is 19.1. The molecule has 1 aliphatic heterocycles. The fraction of sp³-hybridized carbons (Fsp3) is 0.650. The van der Waals surface area contributed by atoms with Gasteiger partial charge >= 0.3 is 0 Å². The van der Waals surface area contributed by atoms with Crippen molar-refractivity contribution in [1.29, 1.82) is 0 Å². The summed E-state index contributed by atoms with van der Waals surface area (Å²) < 4.78 is 19.4. The fourth-order valence-electron chi connectivity index (χ4n) is 4.78. The van der Waals surface area contributed by atoms with E-state index in [9.17, 15) is 14.3 Å². The summed E-state index contributed by atoms with van der Waals surface area (Å²) in [5, 5.41) is 10.3. The molecule has 2 saturated carbocycles. The van der Waals surface area contributed by atoms with Crippen molar-refractivity contribution in [2.45, 2.75) is 56.7 Å². The molecule has 1 saturated heterocycles. The van der Waals surface area contributed by atoms with Gasteiger partial charge in [-0.15, -0.1) is 0 Å².